The van der Waals surface area contributed by atoms with E-state index in [9.17, 15) is 8.42 Å². The van der Waals surface area contributed by atoms with Crippen LogP contribution in [-0.2, 0) is 10.0 Å². The van der Waals surface area contributed by atoms with Crippen LogP contribution in [0.3, 0.4) is 0 Å². The summed E-state index contributed by atoms with van der Waals surface area (Å²) >= 11 is 2.93. The zero-order valence-corrected chi connectivity index (χ0v) is 11.1. The van der Waals surface area contributed by atoms with Crippen molar-refractivity contribution in [1.29, 1.82) is 0 Å². The summed E-state index contributed by atoms with van der Waals surface area (Å²) in [7, 11) is -3.21. The minimum atomic E-state index is -3.21. The van der Waals surface area contributed by atoms with Gasteiger partial charge in [-0.15, -0.1) is 0 Å². The van der Waals surface area contributed by atoms with Gasteiger partial charge in [0.25, 0.3) is 0 Å². The van der Waals surface area contributed by atoms with Crippen molar-refractivity contribution < 1.29 is 8.42 Å². The van der Waals surface area contributed by atoms with E-state index in [1.54, 1.807) is 0 Å². The van der Waals surface area contributed by atoms with E-state index in [1.165, 1.54) is 0 Å². The topological polar surface area (TPSA) is 46.2 Å². The molecule has 5 heteroatoms. The van der Waals surface area contributed by atoms with E-state index in [0.717, 1.165) is 11.1 Å². The zero-order chi connectivity index (χ0) is 11.5. The number of sulfonamides is 1. The molecule has 0 heterocycles. The number of alkyl halides is 1. The van der Waals surface area contributed by atoms with Crippen molar-refractivity contribution in [3.8, 4) is 0 Å². The van der Waals surface area contributed by atoms with Gasteiger partial charge in [-0.3, -0.25) is 0 Å². The number of benzene rings is 1. The first-order chi connectivity index (χ1) is 6.94. The molecule has 0 radical (unpaired) electrons. The third kappa shape index (κ3) is 3.93. The predicted octanol–water partition coefficient (Wildman–Crippen LogP) is 2.33. The van der Waals surface area contributed by atoms with Gasteiger partial charge in [0.05, 0.1) is 0 Å². The molecule has 0 aliphatic rings. The molecule has 0 aliphatic heterocycles. The summed E-state index contributed by atoms with van der Waals surface area (Å²) in [6.07, 6.45) is 0. The fourth-order valence-electron chi connectivity index (χ4n) is 1.22. The Balaban J connectivity index is 2.78. The normalized spacial score (nSPS) is 13.8. The molecule has 3 nitrogen and oxygen atoms in total. The highest BCUT2D eigenvalue weighted by atomic mass is 79.9. The van der Waals surface area contributed by atoms with Gasteiger partial charge in [0.2, 0.25) is 10.0 Å². The summed E-state index contributed by atoms with van der Waals surface area (Å²) in [4.78, 5) is 0. The molecule has 1 aromatic carbocycles. The lowest BCUT2D eigenvalue weighted by Crippen LogP contribution is -2.27. The van der Waals surface area contributed by atoms with E-state index in [1.807, 2.05) is 38.1 Å². The fraction of sp³-hybridized carbons (Fsp3) is 0.400. The molecule has 1 rings (SSSR count). The summed E-state index contributed by atoms with van der Waals surface area (Å²) in [6, 6.07) is 7.59. The number of hydrogen-bond acceptors (Lipinski definition) is 2. The standard InChI is InChI=1S/C10H14BrNO2S/c1-8-3-5-10(6-4-8)9(2)12-15(13,14)7-11/h3-6,9,12H,7H2,1-2H3. The molecule has 0 aliphatic carbocycles. The smallest absolute Gasteiger partial charge is 0.212 e. The molecule has 0 aromatic heterocycles. The van der Waals surface area contributed by atoms with Crippen LogP contribution in [0.5, 0.6) is 0 Å². The Bertz CT molecular complexity index is 414. The number of rotatable bonds is 4. The molecule has 0 bridgehead atoms. The minimum Gasteiger partial charge on any atom is -0.212 e. The van der Waals surface area contributed by atoms with E-state index in [4.69, 9.17) is 0 Å². The largest absolute Gasteiger partial charge is 0.222 e. The number of hydrogen-bond donors (Lipinski definition) is 1. The summed E-state index contributed by atoms with van der Waals surface area (Å²) in [5.41, 5.74) is 2.12. The fourth-order valence-corrected chi connectivity index (χ4v) is 2.36. The molecule has 0 amide bonds. The quantitative estimate of drug-likeness (QED) is 0.866. The molecule has 1 unspecified atom stereocenters. The summed E-state index contributed by atoms with van der Waals surface area (Å²) in [6.45, 7) is 3.82. The average Bonchev–Trinajstić information content (AvgIpc) is 2.18. The van der Waals surface area contributed by atoms with Crippen molar-refractivity contribution in [2.75, 3.05) is 4.66 Å². The molecule has 1 atom stereocenters. The van der Waals surface area contributed by atoms with E-state index < -0.39 is 10.0 Å². The van der Waals surface area contributed by atoms with Gasteiger partial charge in [-0.05, 0) is 19.4 Å². The van der Waals surface area contributed by atoms with E-state index >= 15 is 0 Å². The summed E-state index contributed by atoms with van der Waals surface area (Å²) in [5, 5.41) is 0. The van der Waals surface area contributed by atoms with Crippen molar-refractivity contribution >= 4 is 26.0 Å². The third-order valence-electron chi connectivity index (χ3n) is 2.08. The molecule has 1 N–H and O–H groups in total. The molecular weight excluding hydrogens is 278 g/mol. The van der Waals surface area contributed by atoms with Crippen LogP contribution in [0.15, 0.2) is 24.3 Å². The van der Waals surface area contributed by atoms with Crippen LogP contribution in [0, 0.1) is 6.92 Å². The Hall–Kier alpha value is -0.390. The van der Waals surface area contributed by atoms with Crippen molar-refractivity contribution in [3.05, 3.63) is 35.4 Å². The molecule has 0 saturated heterocycles. The molecule has 15 heavy (non-hydrogen) atoms. The maximum absolute atomic E-state index is 11.3. The first-order valence-electron chi connectivity index (χ1n) is 4.57. The Labute approximate surface area is 99.1 Å². The van der Waals surface area contributed by atoms with Crippen LogP contribution in [0.1, 0.15) is 24.1 Å². The highest BCUT2D eigenvalue weighted by Gasteiger charge is 2.13. The van der Waals surface area contributed by atoms with Gasteiger partial charge in [0.15, 0.2) is 0 Å². The lowest BCUT2D eigenvalue weighted by Gasteiger charge is -2.13. The number of aryl methyl sites for hydroxylation is 1. The minimum absolute atomic E-state index is 0.0732. The highest BCUT2D eigenvalue weighted by Crippen LogP contribution is 2.14. The Morgan fingerprint density at radius 3 is 2.33 bits per heavy atom. The Morgan fingerprint density at radius 2 is 1.87 bits per heavy atom. The summed E-state index contributed by atoms with van der Waals surface area (Å²) < 4.78 is 25.1. The third-order valence-corrected chi connectivity index (χ3v) is 4.89. The monoisotopic (exact) mass is 291 g/mol. The predicted molar refractivity (Wildman–Crippen MR) is 65.4 cm³/mol. The highest BCUT2D eigenvalue weighted by molar-refractivity contribution is 9.10. The van der Waals surface area contributed by atoms with Crippen LogP contribution in [0.25, 0.3) is 0 Å². The van der Waals surface area contributed by atoms with Gasteiger partial charge in [-0.25, -0.2) is 13.1 Å². The number of halogens is 1. The van der Waals surface area contributed by atoms with E-state index in [0.29, 0.717) is 0 Å². The van der Waals surface area contributed by atoms with Gasteiger partial charge < -0.3 is 0 Å². The van der Waals surface area contributed by atoms with Gasteiger partial charge in [-0.1, -0.05) is 45.8 Å². The first-order valence-corrected chi connectivity index (χ1v) is 7.34. The second-order valence-electron chi connectivity index (χ2n) is 3.47. The van der Waals surface area contributed by atoms with Gasteiger partial charge in [0, 0.05) is 6.04 Å². The average molecular weight is 292 g/mol. The van der Waals surface area contributed by atoms with Crippen LogP contribution < -0.4 is 4.72 Å². The molecule has 84 valence electrons. The van der Waals surface area contributed by atoms with Gasteiger partial charge in [0.1, 0.15) is 4.66 Å². The van der Waals surface area contributed by atoms with E-state index in [-0.39, 0.29) is 10.7 Å². The summed E-state index contributed by atoms with van der Waals surface area (Å²) in [5.74, 6) is 0. The lowest BCUT2D eigenvalue weighted by molar-refractivity contribution is 0.572. The number of nitrogens with one attached hydrogen (secondary N) is 1. The second-order valence-corrected chi connectivity index (χ2v) is 6.53. The molecule has 0 fully saturated rings. The van der Waals surface area contributed by atoms with Crippen molar-refractivity contribution in [1.82, 2.24) is 4.72 Å². The van der Waals surface area contributed by atoms with Crippen molar-refractivity contribution in [2.45, 2.75) is 19.9 Å². The maximum atomic E-state index is 11.3. The Kier molecular flexibility index (Phi) is 4.31. The molecule has 1 aromatic rings. The Morgan fingerprint density at radius 1 is 1.33 bits per heavy atom. The van der Waals surface area contributed by atoms with Gasteiger partial charge in [-0.2, -0.15) is 0 Å². The SMILES string of the molecule is Cc1ccc(C(C)NS(=O)(=O)CBr)cc1. The van der Waals surface area contributed by atoms with Crippen LogP contribution in [-0.4, -0.2) is 13.1 Å². The van der Waals surface area contributed by atoms with Crippen molar-refractivity contribution in [3.63, 3.8) is 0 Å². The van der Waals surface area contributed by atoms with Gasteiger partial charge >= 0.3 is 0 Å². The van der Waals surface area contributed by atoms with E-state index in [2.05, 4.69) is 20.7 Å². The first kappa shape index (κ1) is 12.7. The maximum Gasteiger partial charge on any atom is 0.222 e. The van der Waals surface area contributed by atoms with Crippen molar-refractivity contribution in [2.24, 2.45) is 0 Å². The van der Waals surface area contributed by atoms with Crippen LogP contribution in [0.4, 0.5) is 0 Å². The second kappa shape index (κ2) is 5.09. The molecular formula is C10H14BrNO2S. The zero-order valence-electron chi connectivity index (χ0n) is 8.70. The van der Waals surface area contributed by atoms with Crippen LogP contribution >= 0.6 is 15.9 Å². The molecule has 0 spiro atoms. The molecule has 0 saturated carbocycles. The van der Waals surface area contributed by atoms with Crippen LogP contribution in [0.2, 0.25) is 0 Å². The lowest BCUT2D eigenvalue weighted by atomic mass is 10.1.